The molecule has 0 bridgehead atoms. The lowest BCUT2D eigenvalue weighted by Crippen LogP contribution is -2.14. The number of carbonyl (C=O) groups is 1. The number of benzene rings is 2. The standard InChI is InChI=1S/C14H10FIN2O3/c1-8-2-3-9(15)6-13(8)17-14(19)11-7-10(18(20)21)4-5-12(11)16/h2-7H,1H3,(H,17,19). The van der Waals surface area contributed by atoms with Crippen LogP contribution in [0.4, 0.5) is 15.8 Å². The van der Waals surface area contributed by atoms with Crippen molar-refractivity contribution in [2.24, 2.45) is 0 Å². The molecule has 2 aromatic rings. The van der Waals surface area contributed by atoms with E-state index in [4.69, 9.17) is 0 Å². The monoisotopic (exact) mass is 400 g/mol. The van der Waals surface area contributed by atoms with Gasteiger partial charge in [0.15, 0.2) is 0 Å². The van der Waals surface area contributed by atoms with Crippen molar-refractivity contribution in [1.82, 2.24) is 0 Å². The van der Waals surface area contributed by atoms with Crippen LogP contribution in [0.25, 0.3) is 0 Å². The Balaban J connectivity index is 2.34. The first-order valence-electron chi connectivity index (χ1n) is 5.90. The van der Waals surface area contributed by atoms with E-state index in [1.807, 2.05) is 22.6 Å². The van der Waals surface area contributed by atoms with Gasteiger partial charge >= 0.3 is 0 Å². The van der Waals surface area contributed by atoms with E-state index in [1.54, 1.807) is 13.0 Å². The van der Waals surface area contributed by atoms with Crippen molar-refractivity contribution in [3.63, 3.8) is 0 Å². The second kappa shape index (κ2) is 6.17. The molecule has 0 saturated carbocycles. The minimum absolute atomic E-state index is 0.170. The molecular formula is C14H10FIN2O3. The van der Waals surface area contributed by atoms with E-state index >= 15 is 0 Å². The van der Waals surface area contributed by atoms with E-state index in [9.17, 15) is 19.3 Å². The van der Waals surface area contributed by atoms with Gasteiger partial charge in [-0.3, -0.25) is 14.9 Å². The van der Waals surface area contributed by atoms with Gasteiger partial charge in [-0.15, -0.1) is 0 Å². The SMILES string of the molecule is Cc1ccc(F)cc1NC(=O)c1cc([N+](=O)[O-])ccc1I. The van der Waals surface area contributed by atoms with E-state index in [-0.39, 0.29) is 11.3 Å². The molecule has 0 saturated heterocycles. The van der Waals surface area contributed by atoms with Gasteiger partial charge in [0.2, 0.25) is 0 Å². The number of hydrogen-bond donors (Lipinski definition) is 1. The van der Waals surface area contributed by atoms with Gasteiger partial charge in [0, 0.05) is 21.4 Å². The third-order valence-electron chi connectivity index (χ3n) is 2.85. The molecule has 0 atom stereocenters. The minimum Gasteiger partial charge on any atom is -0.322 e. The number of halogens is 2. The average Bonchev–Trinajstić information content (AvgIpc) is 2.43. The molecule has 0 heterocycles. The Kier molecular flexibility index (Phi) is 4.51. The van der Waals surface area contributed by atoms with E-state index in [2.05, 4.69) is 5.32 Å². The Morgan fingerprint density at radius 2 is 2.00 bits per heavy atom. The summed E-state index contributed by atoms with van der Waals surface area (Å²) in [6.45, 7) is 1.73. The van der Waals surface area contributed by atoms with Gasteiger partial charge in [0.1, 0.15) is 5.82 Å². The second-order valence-electron chi connectivity index (χ2n) is 4.33. The summed E-state index contributed by atoms with van der Waals surface area (Å²) in [5, 5.41) is 13.3. The molecule has 0 aromatic heterocycles. The topological polar surface area (TPSA) is 72.2 Å². The van der Waals surface area contributed by atoms with Crippen LogP contribution in [0, 0.1) is 26.4 Å². The number of hydrogen-bond acceptors (Lipinski definition) is 3. The molecule has 2 rings (SSSR count). The molecule has 7 heteroatoms. The number of amides is 1. The largest absolute Gasteiger partial charge is 0.322 e. The zero-order valence-corrected chi connectivity index (χ0v) is 13.0. The van der Waals surface area contributed by atoms with Crippen LogP contribution in [0.5, 0.6) is 0 Å². The van der Waals surface area contributed by atoms with Crippen molar-refractivity contribution in [3.8, 4) is 0 Å². The Hall–Kier alpha value is -2.03. The number of nitro groups is 1. The number of nitrogens with one attached hydrogen (secondary N) is 1. The maximum Gasteiger partial charge on any atom is 0.270 e. The molecule has 0 aliphatic rings. The molecule has 1 N–H and O–H groups in total. The third-order valence-corrected chi connectivity index (χ3v) is 3.79. The summed E-state index contributed by atoms with van der Waals surface area (Å²) < 4.78 is 13.8. The summed E-state index contributed by atoms with van der Waals surface area (Å²) in [7, 11) is 0. The van der Waals surface area contributed by atoms with Crippen molar-refractivity contribution < 1.29 is 14.1 Å². The number of nitrogens with zero attached hydrogens (tertiary/aromatic N) is 1. The Morgan fingerprint density at radius 1 is 1.29 bits per heavy atom. The zero-order chi connectivity index (χ0) is 15.6. The highest BCUT2D eigenvalue weighted by Crippen LogP contribution is 2.22. The number of non-ortho nitro benzene ring substituents is 1. The lowest BCUT2D eigenvalue weighted by Gasteiger charge is -2.09. The molecule has 21 heavy (non-hydrogen) atoms. The quantitative estimate of drug-likeness (QED) is 0.483. The molecule has 0 spiro atoms. The molecule has 108 valence electrons. The summed E-state index contributed by atoms with van der Waals surface area (Å²) in [6.07, 6.45) is 0. The zero-order valence-electron chi connectivity index (χ0n) is 10.9. The van der Waals surface area contributed by atoms with Crippen LogP contribution in [-0.2, 0) is 0 Å². The van der Waals surface area contributed by atoms with Crippen LogP contribution in [0.2, 0.25) is 0 Å². The highest BCUT2D eigenvalue weighted by atomic mass is 127. The van der Waals surface area contributed by atoms with Crippen LogP contribution >= 0.6 is 22.6 Å². The highest BCUT2D eigenvalue weighted by Gasteiger charge is 2.16. The summed E-state index contributed by atoms with van der Waals surface area (Å²) in [5.74, 6) is -0.985. The van der Waals surface area contributed by atoms with Crippen molar-refractivity contribution in [1.29, 1.82) is 0 Å². The van der Waals surface area contributed by atoms with Crippen molar-refractivity contribution in [2.45, 2.75) is 6.92 Å². The number of aryl methyl sites for hydroxylation is 1. The van der Waals surface area contributed by atoms with Crippen molar-refractivity contribution >= 4 is 39.9 Å². The molecule has 0 unspecified atom stereocenters. The van der Waals surface area contributed by atoms with Crippen LogP contribution < -0.4 is 5.32 Å². The Morgan fingerprint density at radius 3 is 2.67 bits per heavy atom. The third kappa shape index (κ3) is 3.54. The molecular weight excluding hydrogens is 390 g/mol. The van der Waals surface area contributed by atoms with Crippen LogP contribution in [0.15, 0.2) is 36.4 Å². The summed E-state index contributed by atoms with van der Waals surface area (Å²) in [4.78, 5) is 22.4. The van der Waals surface area contributed by atoms with Gasteiger partial charge in [0.25, 0.3) is 11.6 Å². The molecule has 0 radical (unpaired) electrons. The predicted molar refractivity (Wildman–Crippen MR) is 84.9 cm³/mol. The fraction of sp³-hybridized carbons (Fsp3) is 0.0714. The van der Waals surface area contributed by atoms with Gasteiger partial charge in [0.05, 0.1) is 10.5 Å². The number of rotatable bonds is 3. The normalized spacial score (nSPS) is 10.2. The van der Waals surface area contributed by atoms with E-state index < -0.39 is 16.6 Å². The van der Waals surface area contributed by atoms with Crippen LogP contribution in [-0.4, -0.2) is 10.8 Å². The molecule has 0 fully saturated rings. The first-order valence-corrected chi connectivity index (χ1v) is 6.98. The number of nitro benzene ring substituents is 1. The maximum absolute atomic E-state index is 13.2. The van der Waals surface area contributed by atoms with Gasteiger partial charge < -0.3 is 5.32 Å². The van der Waals surface area contributed by atoms with Crippen LogP contribution in [0.3, 0.4) is 0 Å². The molecule has 2 aromatic carbocycles. The first kappa shape index (κ1) is 15.4. The Labute approximate surface area is 133 Å². The fourth-order valence-corrected chi connectivity index (χ4v) is 2.30. The first-order chi connectivity index (χ1) is 9.88. The van der Waals surface area contributed by atoms with Gasteiger partial charge in [-0.2, -0.15) is 0 Å². The predicted octanol–water partition coefficient (Wildman–Crippen LogP) is 3.90. The molecule has 1 amide bonds. The van der Waals surface area contributed by atoms with Crippen molar-refractivity contribution in [2.75, 3.05) is 5.32 Å². The molecule has 0 aliphatic heterocycles. The van der Waals surface area contributed by atoms with Gasteiger partial charge in [-0.05, 0) is 53.3 Å². The number of carbonyl (C=O) groups excluding carboxylic acids is 1. The Bertz CT molecular complexity index is 734. The van der Waals surface area contributed by atoms with Gasteiger partial charge in [-0.1, -0.05) is 6.07 Å². The maximum atomic E-state index is 13.2. The summed E-state index contributed by atoms with van der Waals surface area (Å²) in [5.41, 5.74) is 1.04. The van der Waals surface area contributed by atoms with E-state index in [0.717, 1.165) is 0 Å². The lowest BCUT2D eigenvalue weighted by atomic mass is 10.1. The van der Waals surface area contributed by atoms with Crippen molar-refractivity contribution in [3.05, 3.63) is 67.0 Å². The minimum atomic E-state index is -0.569. The average molecular weight is 400 g/mol. The fourth-order valence-electron chi connectivity index (χ4n) is 1.72. The summed E-state index contributed by atoms with van der Waals surface area (Å²) >= 11 is 1.92. The lowest BCUT2D eigenvalue weighted by molar-refractivity contribution is -0.384. The highest BCUT2D eigenvalue weighted by molar-refractivity contribution is 14.1. The second-order valence-corrected chi connectivity index (χ2v) is 5.50. The molecule has 5 nitrogen and oxygen atoms in total. The molecule has 0 aliphatic carbocycles. The van der Waals surface area contributed by atoms with E-state index in [0.29, 0.717) is 14.8 Å². The number of anilines is 1. The summed E-state index contributed by atoms with van der Waals surface area (Å²) in [6, 6.07) is 8.06. The smallest absolute Gasteiger partial charge is 0.270 e. The van der Waals surface area contributed by atoms with E-state index in [1.165, 1.54) is 30.3 Å². The van der Waals surface area contributed by atoms with Gasteiger partial charge in [-0.25, -0.2) is 4.39 Å². The van der Waals surface area contributed by atoms with Crippen LogP contribution in [0.1, 0.15) is 15.9 Å².